The zero-order valence-electron chi connectivity index (χ0n) is 6.10. The maximum Gasteiger partial charge on any atom is 0.473 e. The van der Waals surface area contributed by atoms with Crippen molar-refractivity contribution in [2.24, 2.45) is 0 Å². The van der Waals surface area contributed by atoms with E-state index in [9.17, 15) is 0 Å². The van der Waals surface area contributed by atoms with Crippen LogP contribution in [-0.2, 0) is 4.55 Å². The summed E-state index contributed by atoms with van der Waals surface area (Å²) < 4.78 is 1.27. The van der Waals surface area contributed by atoms with Gasteiger partial charge in [0.15, 0.2) is 0 Å². The standard InChI is InChI=1S/C8H9.BrH.Mg/c1-7-4-3-5-8(2)6-7;;/h3-6H,1H2,2H3;1H;/q;;+1/p-1. The lowest BCUT2D eigenvalue weighted by Crippen LogP contribution is -1.88. The summed E-state index contributed by atoms with van der Waals surface area (Å²) in [4.78, 5) is 0. The van der Waals surface area contributed by atoms with E-state index in [0.29, 0.717) is 0 Å². The Hall–Kier alpha value is 0.466. The van der Waals surface area contributed by atoms with E-state index in [2.05, 4.69) is 44.1 Å². The molecule has 0 atom stereocenters. The summed E-state index contributed by atoms with van der Waals surface area (Å²) in [6, 6.07) is 8.72. The minimum absolute atomic E-state index is 0.0122. The minimum Gasteiger partial charge on any atom is -0.306 e. The third-order valence-electron chi connectivity index (χ3n) is 1.47. The Morgan fingerprint density at radius 1 is 1.50 bits per heavy atom. The third-order valence-corrected chi connectivity index (χ3v) is 3.42. The van der Waals surface area contributed by atoms with Gasteiger partial charge in [-0.15, -0.1) is 4.55 Å². The van der Waals surface area contributed by atoms with Gasteiger partial charge in [-0.2, -0.15) is 0 Å². The molecule has 0 aliphatic heterocycles. The Morgan fingerprint density at radius 2 is 2.30 bits per heavy atom. The summed E-state index contributed by atoms with van der Waals surface area (Å²) in [6.45, 7) is 2.14. The summed E-state index contributed by atoms with van der Waals surface area (Å²) in [5, 5.41) is 0. The Labute approximate surface area is 77.6 Å². The molecule has 0 unspecified atom stereocenters. The van der Waals surface area contributed by atoms with Crippen molar-refractivity contribution in [2.75, 3.05) is 0 Å². The molecule has 0 aliphatic carbocycles. The lowest BCUT2D eigenvalue weighted by atomic mass is 10.2. The fraction of sp³-hybridized carbons (Fsp3) is 0.250. The highest BCUT2D eigenvalue weighted by molar-refractivity contribution is 9.23. The van der Waals surface area contributed by atoms with Crippen LogP contribution in [0.2, 0.25) is 0 Å². The minimum atomic E-state index is 0.0122. The van der Waals surface area contributed by atoms with Crippen LogP contribution in [-0.4, -0.2) is 18.2 Å². The van der Waals surface area contributed by atoms with Crippen molar-refractivity contribution in [1.29, 1.82) is 0 Å². The van der Waals surface area contributed by atoms with E-state index >= 15 is 0 Å². The molecule has 0 saturated carbocycles. The molecule has 0 nitrogen and oxygen atoms in total. The van der Waals surface area contributed by atoms with Gasteiger partial charge in [0.05, 0.1) is 0 Å². The van der Waals surface area contributed by atoms with Gasteiger partial charge in [0, 0.05) is 0 Å². The first-order valence-electron chi connectivity index (χ1n) is 3.44. The second-order valence-corrected chi connectivity index (χ2v) is 5.68. The number of benzene rings is 1. The quantitative estimate of drug-likeness (QED) is 0.657. The van der Waals surface area contributed by atoms with E-state index in [1.807, 2.05) is 0 Å². The average Bonchev–Trinajstić information content (AvgIpc) is 1.88. The molecule has 2 heteroatoms. The van der Waals surface area contributed by atoms with Crippen molar-refractivity contribution in [2.45, 2.75) is 11.5 Å². The van der Waals surface area contributed by atoms with Gasteiger partial charge in [0.1, 0.15) is 0 Å². The van der Waals surface area contributed by atoms with Crippen molar-refractivity contribution in [3.63, 3.8) is 0 Å². The molecule has 1 aromatic rings. The van der Waals surface area contributed by atoms with Crippen molar-refractivity contribution < 1.29 is 0 Å². The molecule has 1 rings (SSSR count). The topological polar surface area (TPSA) is 0 Å². The lowest BCUT2D eigenvalue weighted by molar-refractivity contribution is 1.34. The molecule has 0 saturated heterocycles. The van der Waals surface area contributed by atoms with E-state index in [0.717, 1.165) is 0 Å². The number of hydrogen-bond acceptors (Lipinski definition) is 0. The average molecular weight is 209 g/mol. The second-order valence-electron chi connectivity index (χ2n) is 2.43. The van der Waals surface area contributed by atoms with Crippen LogP contribution >= 0.6 is 12.9 Å². The lowest BCUT2D eigenvalue weighted by Gasteiger charge is -1.97. The second kappa shape index (κ2) is 4.37. The maximum absolute atomic E-state index is 3.55. The molecule has 0 spiro atoms. The SMILES string of the molecule is Cc1cccc([CH2][Mg][Br])c1. The molecule has 0 fully saturated rings. The van der Waals surface area contributed by atoms with Crippen molar-refractivity contribution >= 4 is 31.1 Å². The normalized spacial score (nSPS) is 9.00. The van der Waals surface area contributed by atoms with Crippen LogP contribution in [0.5, 0.6) is 0 Å². The molecular formula is C8H9BrMg. The molecule has 50 valence electrons. The van der Waals surface area contributed by atoms with Crippen molar-refractivity contribution in [3.05, 3.63) is 35.4 Å². The van der Waals surface area contributed by atoms with E-state index in [-0.39, 0.29) is 18.2 Å². The van der Waals surface area contributed by atoms with Crippen LogP contribution in [0.3, 0.4) is 0 Å². The Morgan fingerprint density at radius 3 is 2.90 bits per heavy atom. The first-order valence-corrected chi connectivity index (χ1v) is 8.34. The van der Waals surface area contributed by atoms with Crippen LogP contribution in [0.25, 0.3) is 0 Å². The highest BCUT2D eigenvalue weighted by Gasteiger charge is 1.93. The highest BCUT2D eigenvalue weighted by atomic mass is 79.9. The Balaban J connectivity index is 2.75. The molecule has 1 aromatic carbocycles. The first-order chi connectivity index (χ1) is 4.83. The Kier molecular flexibility index (Phi) is 3.74. The largest absolute Gasteiger partial charge is 0.473 e. The molecular weight excluding hydrogens is 200 g/mol. The number of halogens is 1. The molecule has 0 radical (unpaired) electrons. The number of rotatable bonds is 2. The van der Waals surface area contributed by atoms with Gasteiger partial charge >= 0.3 is 18.2 Å². The van der Waals surface area contributed by atoms with Crippen molar-refractivity contribution in [3.8, 4) is 0 Å². The van der Waals surface area contributed by atoms with Crippen molar-refractivity contribution in [1.82, 2.24) is 0 Å². The van der Waals surface area contributed by atoms with Crippen LogP contribution in [0.15, 0.2) is 24.3 Å². The van der Waals surface area contributed by atoms with Gasteiger partial charge in [-0.1, -0.05) is 35.4 Å². The summed E-state index contributed by atoms with van der Waals surface area (Å²) in [7, 11) is 0. The summed E-state index contributed by atoms with van der Waals surface area (Å²) in [6.07, 6.45) is 0. The van der Waals surface area contributed by atoms with Gasteiger partial charge in [-0.25, -0.2) is 0 Å². The zero-order chi connectivity index (χ0) is 7.40. The molecule has 0 bridgehead atoms. The van der Waals surface area contributed by atoms with Gasteiger partial charge < -0.3 is 12.9 Å². The third kappa shape index (κ3) is 2.60. The van der Waals surface area contributed by atoms with Crippen LogP contribution < -0.4 is 0 Å². The predicted molar refractivity (Wildman–Crippen MR) is 49.6 cm³/mol. The maximum atomic E-state index is 3.55. The first kappa shape index (κ1) is 8.56. The molecule has 10 heavy (non-hydrogen) atoms. The van der Waals surface area contributed by atoms with Gasteiger partial charge in [0.2, 0.25) is 0 Å². The number of hydrogen-bond donors (Lipinski definition) is 0. The number of aryl methyl sites for hydroxylation is 1. The molecule has 0 aromatic heterocycles. The van der Waals surface area contributed by atoms with E-state index in [4.69, 9.17) is 0 Å². The monoisotopic (exact) mass is 208 g/mol. The van der Waals surface area contributed by atoms with Gasteiger partial charge in [-0.3, -0.25) is 0 Å². The van der Waals surface area contributed by atoms with Crippen LogP contribution in [0.4, 0.5) is 0 Å². The van der Waals surface area contributed by atoms with E-state index in [1.54, 1.807) is 0 Å². The van der Waals surface area contributed by atoms with Gasteiger partial charge in [0.25, 0.3) is 0 Å². The molecule has 0 aliphatic rings. The Bertz CT molecular complexity index is 210. The van der Waals surface area contributed by atoms with Crippen LogP contribution in [0, 0.1) is 6.92 Å². The summed E-state index contributed by atoms with van der Waals surface area (Å²) in [5.74, 6) is 0. The molecule has 0 amide bonds. The van der Waals surface area contributed by atoms with E-state index < -0.39 is 0 Å². The fourth-order valence-corrected chi connectivity index (χ4v) is 2.88. The summed E-state index contributed by atoms with van der Waals surface area (Å²) in [5.41, 5.74) is 2.84. The highest BCUT2D eigenvalue weighted by Crippen LogP contribution is 2.04. The van der Waals surface area contributed by atoms with Gasteiger partial charge in [-0.05, 0) is 6.92 Å². The van der Waals surface area contributed by atoms with Crippen LogP contribution in [0.1, 0.15) is 11.1 Å². The molecule has 0 heterocycles. The fourth-order valence-electron chi connectivity index (χ4n) is 0.977. The van der Waals surface area contributed by atoms with E-state index in [1.165, 1.54) is 15.7 Å². The summed E-state index contributed by atoms with van der Waals surface area (Å²) >= 11 is 3.56. The predicted octanol–water partition coefficient (Wildman–Crippen LogP) is 2.51. The molecule has 0 N–H and O–H groups in total. The smallest absolute Gasteiger partial charge is 0.306 e. The zero-order valence-corrected chi connectivity index (χ0v) is 9.10.